The van der Waals surface area contributed by atoms with Gasteiger partial charge in [-0.25, -0.2) is 0 Å². The van der Waals surface area contributed by atoms with E-state index in [1.807, 2.05) is 6.07 Å². The van der Waals surface area contributed by atoms with E-state index in [4.69, 9.17) is 4.74 Å². The molecule has 0 spiro atoms. The molecule has 0 bridgehead atoms. The maximum Gasteiger partial charge on any atom is 0.272 e. The van der Waals surface area contributed by atoms with E-state index in [1.54, 1.807) is 36.1 Å². The van der Waals surface area contributed by atoms with Gasteiger partial charge in [-0.3, -0.25) is 14.6 Å². The first-order valence-electron chi connectivity index (χ1n) is 7.35. The van der Waals surface area contributed by atoms with Gasteiger partial charge in [0.25, 0.3) is 5.91 Å². The highest BCUT2D eigenvalue weighted by Gasteiger charge is 2.24. The van der Waals surface area contributed by atoms with Crippen LogP contribution in [0.3, 0.4) is 0 Å². The molecular weight excluding hydrogens is 284 g/mol. The van der Waals surface area contributed by atoms with Crippen molar-refractivity contribution in [2.75, 3.05) is 51.8 Å². The van der Waals surface area contributed by atoms with E-state index >= 15 is 0 Å². The summed E-state index contributed by atoms with van der Waals surface area (Å²) in [6.07, 6.45) is 1.62. The molecule has 0 saturated carbocycles. The molecule has 0 aliphatic carbocycles. The second-order valence-corrected chi connectivity index (χ2v) is 5.15. The molecule has 1 saturated heterocycles. The first-order chi connectivity index (χ1) is 10.6. The number of methoxy groups -OCH3 is 1. The van der Waals surface area contributed by atoms with Gasteiger partial charge in [0.2, 0.25) is 5.91 Å². The molecule has 22 heavy (non-hydrogen) atoms. The molecule has 1 aliphatic heterocycles. The van der Waals surface area contributed by atoms with Crippen molar-refractivity contribution in [2.24, 2.45) is 0 Å². The van der Waals surface area contributed by atoms with Crippen molar-refractivity contribution >= 4 is 17.5 Å². The maximum atomic E-state index is 12.5. The standard InChI is InChI=1S/C15H22N4O3/c1-12(20)18-6-8-19(9-7-18)15(21)14-11-13(3-4-17-14)16-5-10-22-2/h3-4,11H,5-10H2,1-2H3,(H,16,17). The number of piperazine rings is 1. The Morgan fingerprint density at radius 2 is 1.95 bits per heavy atom. The Labute approximate surface area is 130 Å². The van der Waals surface area contributed by atoms with Gasteiger partial charge in [0, 0.05) is 58.6 Å². The minimum absolute atomic E-state index is 0.0505. The third-order valence-corrected chi connectivity index (χ3v) is 3.63. The number of hydrogen-bond donors (Lipinski definition) is 1. The summed E-state index contributed by atoms with van der Waals surface area (Å²) < 4.78 is 4.98. The van der Waals surface area contributed by atoms with Crippen LogP contribution in [0, 0.1) is 0 Å². The Balaban J connectivity index is 1.95. The lowest BCUT2D eigenvalue weighted by Crippen LogP contribution is -2.50. The molecule has 1 aromatic heterocycles. The van der Waals surface area contributed by atoms with Gasteiger partial charge in [0.05, 0.1) is 6.61 Å². The van der Waals surface area contributed by atoms with Crippen LogP contribution in [-0.2, 0) is 9.53 Å². The van der Waals surface area contributed by atoms with E-state index in [0.717, 1.165) is 5.69 Å². The number of amides is 2. The van der Waals surface area contributed by atoms with Crippen LogP contribution in [0.15, 0.2) is 18.3 Å². The van der Waals surface area contributed by atoms with Crippen LogP contribution < -0.4 is 5.32 Å². The van der Waals surface area contributed by atoms with Crippen molar-refractivity contribution in [3.63, 3.8) is 0 Å². The van der Waals surface area contributed by atoms with Crippen LogP contribution >= 0.6 is 0 Å². The monoisotopic (exact) mass is 306 g/mol. The Morgan fingerprint density at radius 3 is 2.59 bits per heavy atom. The molecule has 1 fully saturated rings. The lowest BCUT2D eigenvalue weighted by Gasteiger charge is -2.34. The molecule has 2 heterocycles. The zero-order valence-corrected chi connectivity index (χ0v) is 13.0. The number of ether oxygens (including phenoxy) is 1. The summed E-state index contributed by atoms with van der Waals surface area (Å²) in [5, 5.41) is 3.18. The summed E-state index contributed by atoms with van der Waals surface area (Å²) in [4.78, 5) is 31.4. The van der Waals surface area contributed by atoms with Gasteiger partial charge in [-0.2, -0.15) is 0 Å². The van der Waals surface area contributed by atoms with Crippen LogP contribution in [0.2, 0.25) is 0 Å². The predicted molar refractivity (Wildman–Crippen MR) is 82.8 cm³/mol. The van der Waals surface area contributed by atoms with Gasteiger partial charge in [0.1, 0.15) is 5.69 Å². The van der Waals surface area contributed by atoms with Crippen LogP contribution in [0.5, 0.6) is 0 Å². The third-order valence-electron chi connectivity index (χ3n) is 3.63. The topological polar surface area (TPSA) is 74.8 Å². The van der Waals surface area contributed by atoms with Gasteiger partial charge in [-0.1, -0.05) is 0 Å². The van der Waals surface area contributed by atoms with E-state index in [2.05, 4.69) is 10.3 Å². The van der Waals surface area contributed by atoms with Crippen molar-refractivity contribution in [2.45, 2.75) is 6.92 Å². The number of hydrogen-bond acceptors (Lipinski definition) is 5. The summed E-state index contributed by atoms with van der Waals surface area (Å²) >= 11 is 0. The van der Waals surface area contributed by atoms with Gasteiger partial charge in [-0.05, 0) is 12.1 Å². The first kappa shape index (κ1) is 16.2. The summed E-state index contributed by atoms with van der Waals surface area (Å²) in [5.41, 5.74) is 1.26. The van der Waals surface area contributed by atoms with E-state index in [9.17, 15) is 9.59 Å². The first-order valence-corrected chi connectivity index (χ1v) is 7.35. The fraction of sp³-hybridized carbons (Fsp3) is 0.533. The summed E-state index contributed by atoms with van der Waals surface area (Å²) in [6.45, 7) is 5.06. The van der Waals surface area contributed by atoms with Gasteiger partial charge < -0.3 is 19.9 Å². The number of aromatic nitrogens is 1. The van der Waals surface area contributed by atoms with Crippen molar-refractivity contribution in [3.8, 4) is 0 Å². The number of carbonyl (C=O) groups is 2. The summed E-state index contributed by atoms with van der Waals surface area (Å²) in [7, 11) is 1.64. The quantitative estimate of drug-likeness (QED) is 0.799. The van der Waals surface area contributed by atoms with Gasteiger partial charge in [-0.15, -0.1) is 0 Å². The smallest absolute Gasteiger partial charge is 0.272 e. The molecule has 2 rings (SSSR count). The Hall–Kier alpha value is -2.15. The molecular formula is C15H22N4O3. The number of carbonyl (C=O) groups excluding carboxylic acids is 2. The fourth-order valence-electron chi connectivity index (χ4n) is 2.34. The fourth-order valence-corrected chi connectivity index (χ4v) is 2.34. The molecule has 1 aliphatic rings. The van der Waals surface area contributed by atoms with Crippen LogP contribution in [0.25, 0.3) is 0 Å². The van der Waals surface area contributed by atoms with Gasteiger partial charge in [0.15, 0.2) is 0 Å². The average molecular weight is 306 g/mol. The highest BCUT2D eigenvalue weighted by Crippen LogP contribution is 2.12. The van der Waals surface area contributed by atoms with Crippen LogP contribution in [0.1, 0.15) is 17.4 Å². The van der Waals surface area contributed by atoms with Crippen molar-refractivity contribution in [3.05, 3.63) is 24.0 Å². The van der Waals surface area contributed by atoms with Crippen molar-refractivity contribution < 1.29 is 14.3 Å². The molecule has 0 radical (unpaired) electrons. The molecule has 120 valence electrons. The number of nitrogens with one attached hydrogen (secondary N) is 1. The zero-order valence-electron chi connectivity index (χ0n) is 13.0. The second-order valence-electron chi connectivity index (χ2n) is 5.15. The molecule has 7 heteroatoms. The van der Waals surface area contributed by atoms with Crippen molar-refractivity contribution in [1.82, 2.24) is 14.8 Å². The lowest BCUT2D eigenvalue weighted by atomic mass is 10.2. The Morgan fingerprint density at radius 1 is 1.27 bits per heavy atom. The molecule has 0 aromatic carbocycles. The van der Waals surface area contributed by atoms with E-state index in [0.29, 0.717) is 45.0 Å². The average Bonchev–Trinajstić information content (AvgIpc) is 2.55. The zero-order chi connectivity index (χ0) is 15.9. The molecule has 7 nitrogen and oxygen atoms in total. The highest BCUT2D eigenvalue weighted by molar-refractivity contribution is 5.93. The van der Waals surface area contributed by atoms with Gasteiger partial charge >= 0.3 is 0 Å². The summed E-state index contributed by atoms with van der Waals surface area (Å²) in [6, 6.07) is 3.56. The normalized spacial score (nSPS) is 14.8. The van der Waals surface area contributed by atoms with E-state index in [-0.39, 0.29) is 11.8 Å². The van der Waals surface area contributed by atoms with E-state index in [1.165, 1.54) is 0 Å². The number of nitrogens with zero attached hydrogens (tertiary/aromatic N) is 3. The third kappa shape index (κ3) is 4.17. The Kier molecular flexibility index (Phi) is 5.71. The number of pyridine rings is 1. The largest absolute Gasteiger partial charge is 0.383 e. The Bertz CT molecular complexity index is 527. The van der Waals surface area contributed by atoms with Crippen LogP contribution in [0.4, 0.5) is 5.69 Å². The second kappa shape index (κ2) is 7.74. The maximum absolute atomic E-state index is 12.5. The van der Waals surface area contributed by atoms with E-state index < -0.39 is 0 Å². The SMILES string of the molecule is COCCNc1ccnc(C(=O)N2CCN(C(C)=O)CC2)c1. The summed E-state index contributed by atoms with van der Waals surface area (Å²) in [5.74, 6) is -0.0480. The molecule has 1 N–H and O–H groups in total. The molecule has 0 unspecified atom stereocenters. The molecule has 0 atom stereocenters. The van der Waals surface area contributed by atoms with Crippen LogP contribution in [-0.4, -0.2) is 73.0 Å². The lowest BCUT2D eigenvalue weighted by molar-refractivity contribution is -0.130. The number of anilines is 1. The minimum atomic E-state index is -0.0985. The molecule has 2 amide bonds. The molecule has 1 aromatic rings. The predicted octanol–water partition coefficient (Wildman–Crippen LogP) is 0.444. The number of rotatable bonds is 5. The highest BCUT2D eigenvalue weighted by atomic mass is 16.5. The van der Waals surface area contributed by atoms with Crippen molar-refractivity contribution in [1.29, 1.82) is 0 Å². The minimum Gasteiger partial charge on any atom is -0.383 e.